The molecule has 1 unspecified atom stereocenters. The molecule has 1 amide bonds. The minimum absolute atomic E-state index is 0.0345. The van der Waals surface area contributed by atoms with Crippen molar-refractivity contribution in [2.24, 2.45) is 18.9 Å². The zero-order chi connectivity index (χ0) is 30.1. The van der Waals surface area contributed by atoms with Crippen molar-refractivity contribution >= 4 is 50.1 Å². The maximum Gasteiger partial charge on any atom is 0.285 e. The van der Waals surface area contributed by atoms with Crippen LogP contribution >= 0.6 is 11.6 Å². The molecule has 1 aliphatic carbocycles. The lowest BCUT2D eigenvalue weighted by atomic mass is 10.0. The number of carbonyl (C=O) groups excluding carboxylic acids is 1. The molecule has 220 valence electrons. The average molecular weight is 612 g/mol. The summed E-state index contributed by atoms with van der Waals surface area (Å²) in [5.41, 5.74) is 3.10. The molecule has 12 nitrogen and oxygen atoms in total. The van der Waals surface area contributed by atoms with Crippen molar-refractivity contribution in [3.05, 3.63) is 74.1 Å². The van der Waals surface area contributed by atoms with Crippen LogP contribution in [0.1, 0.15) is 52.0 Å². The van der Waals surface area contributed by atoms with E-state index >= 15 is 0 Å². The van der Waals surface area contributed by atoms with Crippen LogP contribution in [0.4, 0.5) is 11.6 Å². The minimum Gasteiger partial charge on any atom is -0.377 e. The molecule has 4 atom stereocenters. The number of aryl methyl sites for hydroxylation is 2. The zero-order valence-corrected chi connectivity index (χ0v) is 25.2. The first-order valence-corrected chi connectivity index (χ1v) is 15.7. The molecule has 3 aromatic heterocycles. The average Bonchev–Trinajstić information content (AvgIpc) is 3.20. The lowest BCUT2D eigenvalue weighted by Gasteiger charge is -2.25. The van der Waals surface area contributed by atoms with E-state index in [1.807, 2.05) is 43.7 Å². The second-order valence-electron chi connectivity index (χ2n) is 11.2. The standard InChI is InChI=1S/C28H30ClN7O5S/c1-13-8-16(15(3)30-20-6-7-22(29)31-25(20)26(37)34-42(5,39)40)24-17(9-13)27(38)35(4)28(32-24)36-11-18-19(12-36)23(18)21-10-14(2)41-33-21/h6-10,15,18-19,23,30H,11-12H2,1-5H3,(H,34,37)/t15-,18-,19+,23?/m1/s1. The highest BCUT2D eigenvalue weighted by molar-refractivity contribution is 7.89. The molecular weight excluding hydrogens is 582 g/mol. The van der Waals surface area contributed by atoms with Crippen molar-refractivity contribution in [3.63, 3.8) is 0 Å². The molecule has 0 radical (unpaired) electrons. The normalized spacial score (nSPS) is 20.4. The summed E-state index contributed by atoms with van der Waals surface area (Å²) in [5, 5.41) is 7.97. The van der Waals surface area contributed by atoms with Gasteiger partial charge < -0.3 is 14.7 Å². The van der Waals surface area contributed by atoms with E-state index < -0.39 is 22.0 Å². The number of nitrogens with zero attached hydrogens (tertiary/aromatic N) is 5. The van der Waals surface area contributed by atoms with Crippen LogP contribution in [-0.2, 0) is 17.1 Å². The third-order valence-corrected chi connectivity index (χ3v) is 8.75. The fraction of sp³-hybridized carbons (Fsp3) is 0.393. The van der Waals surface area contributed by atoms with E-state index in [9.17, 15) is 18.0 Å². The molecule has 0 bridgehead atoms. The van der Waals surface area contributed by atoms with Crippen LogP contribution in [0.3, 0.4) is 0 Å². The van der Waals surface area contributed by atoms with E-state index in [0.29, 0.717) is 34.6 Å². The third-order valence-electron chi connectivity index (χ3n) is 7.99. The number of rotatable bonds is 7. The smallest absolute Gasteiger partial charge is 0.285 e. The summed E-state index contributed by atoms with van der Waals surface area (Å²) in [5.74, 6) is 1.69. The molecule has 2 aliphatic rings. The quantitative estimate of drug-likeness (QED) is 0.298. The van der Waals surface area contributed by atoms with Crippen LogP contribution in [0, 0.1) is 25.7 Å². The Bertz CT molecular complexity index is 1910. The van der Waals surface area contributed by atoms with Gasteiger partial charge in [-0.25, -0.2) is 23.1 Å². The number of pyridine rings is 1. The van der Waals surface area contributed by atoms with E-state index in [0.717, 1.165) is 41.9 Å². The Balaban J connectivity index is 1.33. The molecule has 1 saturated heterocycles. The van der Waals surface area contributed by atoms with Gasteiger partial charge in [-0.1, -0.05) is 22.8 Å². The lowest BCUT2D eigenvalue weighted by Crippen LogP contribution is -2.32. The summed E-state index contributed by atoms with van der Waals surface area (Å²) in [4.78, 5) is 37.5. The van der Waals surface area contributed by atoms with Crippen LogP contribution in [0.25, 0.3) is 10.9 Å². The largest absolute Gasteiger partial charge is 0.377 e. The second kappa shape index (κ2) is 10.1. The third kappa shape index (κ3) is 5.11. The van der Waals surface area contributed by atoms with Gasteiger partial charge in [-0.05, 0) is 56.4 Å². The van der Waals surface area contributed by atoms with Crippen molar-refractivity contribution < 1.29 is 17.7 Å². The Morgan fingerprint density at radius 3 is 2.50 bits per heavy atom. The number of aromatic nitrogens is 4. The predicted molar refractivity (Wildman–Crippen MR) is 158 cm³/mol. The number of sulfonamides is 1. The summed E-state index contributed by atoms with van der Waals surface area (Å²) in [6, 6.07) is 8.37. The molecule has 0 spiro atoms. The molecule has 14 heteroatoms. The summed E-state index contributed by atoms with van der Waals surface area (Å²) in [6.45, 7) is 7.18. The van der Waals surface area contributed by atoms with E-state index in [-0.39, 0.29) is 22.1 Å². The molecule has 6 rings (SSSR count). The number of piperidine rings is 1. The van der Waals surface area contributed by atoms with Crippen LogP contribution in [0.15, 0.2) is 39.6 Å². The summed E-state index contributed by atoms with van der Waals surface area (Å²) in [6.07, 6.45) is 0.882. The van der Waals surface area contributed by atoms with Crippen LogP contribution < -0.4 is 20.5 Å². The van der Waals surface area contributed by atoms with Gasteiger partial charge in [0, 0.05) is 37.7 Å². The maximum atomic E-state index is 13.6. The lowest BCUT2D eigenvalue weighted by molar-refractivity contribution is 0.0977. The number of fused-ring (bicyclic) bond motifs is 2. The first kappa shape index (κ1) is 28.2. The number of amides is 1. The predicted octanol–water partition coefficient (Wildman–Crippen LogP) is 3.30. The number of benzene rings is 1. The maximum absolute atomic E-state index is 13.6. The highest BCUT2D eigenvalue weighted by Crippen LogP contribution is 2.58. The number of halogens is 1. The monoisotopic (exact) mass is 611 g/mol. The van der Waals surface area contributed by atoms with Gasteiger partial charge in [-0.3, -0.25) is 14.2 Å². The Morgan fingerprint density at radius 1 is 1.14 bits per heavy atom. The summed E-state index contributed by atoms with van der Waals surface area (Å²) in [7, 11) is -2.09. The van der Waals surface area contributed by atoms with Crippen molar-refractivity contribution in [2.45, 2.75) is 32.7 Å². The van der Waals surface area contributed by atoms with Gasteiger partial charge >= 0.3 is 0 Å². The van der Waals surface area contributed by atoms with Gasteiger partial charge in [0.1, 0.15) is 10.9 Å². The van der Waals surface area contributed by atoms with Crippen molar-refractivity contribution in [1.82, 2.24) is 24.4 Å². The fourth-order valence-electron chi connectivity index (χ4n) is 6.08. The molecule has 4 aromatic rings. The second-order valence-corrected chi connectivity index (χ2v) is 13.4. The van der Waals surface area contributed by atoms with Crippen molar-refractivity contribution in [1.29, 1.82) is 0 Å². The number of hydrogen-bond donors (Lipinski definition) is 2. The van der Waals surface area contributed by atoms with Crippen LogP contribution in [-0.4, -0.2) is 53.4 Å². The molecule has 42 heavy (non-hydrogen) atoms. The Morgan fingerprint density at radius 2 is 1.86 bits per heavy atom. The van der Waals surface area contributed by atoms with Crippen molar-refractivity contribution in [2.75, 3.05) is 29.6 Å². The van der Waals surface area contributed by atoms with Crippen molar-refractivity contribution in [3.8, 4) is 0 Å². The zero-order valence-electron chi connectivity index (χ0n) is 23.7. The van der Waals surface area contributed by atoms with Gasteiger partial charge in [0.05, 0.1) is 34.6 Å². The highest BCUT2D eigenvalue weighted by atomic mass is 35.5. The SMILES string of the molecule is Cc1cc([C@@H](C)Nc2ccc(Cl)nc2C(=O)NS(C)(=O)=O)c2nc(N3C[C@@H]4C(c5cc(C)on5)[C@@H]4C3)n(C)c(=O)c2c1. The topological polar surface area (TPSA) is 152 Å². The fourth-order valence-corrected chi connectivity index (χ4v) is 6.66. The van der Waals surface area contributed by atoms with Gasteiger partial charge in [-0.15, -0.1) is 0 Å². The number of hydrogen-bond acceptors (Lipinski definition) is 10. The molecular formula is C28H30ClN7O5S. The molecule has 1 aliphatic heterocycles. The number of nitrogens with one attached hydrogen (secondary N) is 2. The van der Waals surface area contributed by atoms with Crippen LogP contribution in [0.2, 0.25) is 5.15 Å². The molecule has 4 heterocycles. The molecule has 1 aromatic carbocycles. The Hall–Kier alpha value is -3.97. The molecule has 2 fully saturated rings. The summed E-state index contributed by atoms with van der Waals surface area (Å²) < 4.78 is 32.2. The van der Waals surface area contributed by atoms with E-state index in [4.69, 9.17) is 21.1 Å². The van der Waals surface area contributed by atoms with Gasteiger partial charge in [0.25, 0.3) is 11.5 Å². The molecule has 2 N–H and O–H groups in total. The van der Waals surface area contributed by atoms with Gasteiger partial charge in [0.15, 0.2) is 5.69 Å². The highest BCUT2D eigenvalue weighted by Gasteiger charge is 2.58. The Kier molecular flexibility index (Phi) is 6.76. The summed E-state index contributed by atoms with van der Waals surface area (Å²) >= 11 is 6.03. The minimum atomic E-state index is -3.83. The van der Waals surface area contributed by atoms with E-state index in [1.165, 1.54) is 6.07 Å². The van der Waals surface area contributed by atoms with Crippen LogP contribution in [0.5, 0.6) is 0 Å². The number of carbonyl (C=O) groups is 1. The number of anilines is 2. The van der Waals surface area contributed by atoms with E-state index in [1.54, 1.807) is 17.7 Å². The Labute approximate surface area is 247 Å². The van der Waals surface area contributed by atoms with Gasteiger partial charge in [0.2, 0.25) is 16.0 Å². The van der Waals surface area contributed by atoms with Gasteiger partial charge in [-0.2, -0.15) is 0 Å². The first-order chi connectivity index (χ1) is 19.8. The van der Waals surface area contributed by atoms with E-state index in [2.05, 4.69) is 20.4 Å². The first-order valence-electron chi connectivity index (χ1n) is 13.5. The molecule has 1 saturated carbocycles.